The Labute approximate surface area is 69.3 Å². The second kappa shape index (κ2) is 6.03. The van der Waals surface area contributed by atoms with Crippen molar-refractivity contribution in [2.24, 2.45) is 0 Å². The molecular weight excluding hydrogens is 172 g/mol. The van der Waals surface area contributed by atoms with Gasteiger partial charge < -0.3 is 0 Å². The van der Waals surface area contributed by atoms with Crippen molar-refractivity contribution in [2.45, 2.75) is 38.8 Å². The summed E-state index contributed by atoms with van der Waals surface area (Å²) in [6.07, 6.45) is -2.78. The summed E-state index contributed by atoms with van der Waals surface area (Å²) in [5, 5.41) is 0. The highest BCUT2D eigenvalue weighted by molar-refractivity contribution is 4.98. The number of allylic oxidation sites excluding steroid dienone is 1. The minimum Gasteiger partial charge on any atom is -0.240 e. The number of halogens is 4. The molecule has 0 aromatic heterocycles. The standard InChI is InChI=1S/C8H12F4/c1-2-3-4-5-6(9)7(10)8(11)12/h6H,2-5H2,1H3. The molecule has 0 aromatic rings. The summed E-state index contributed by atoms with van der Waals surface area (Å²) in [6.45, 7) is 1.90. The topological polar surface area (TPSA) is 0 Å². The van der Waals surface area contributed by atoms with E-state index in [1.54, 1.807) is 0 Å². The maximum Gasteiger partial charge on any atom is 0.304 e. The molecule has 0 saturated heterocycles. The summed E-state index contributed by atoms with van der Waals surface area (Å²) in [5.41, 5.74) is 0. The van der Waals surface area contributed by atoms with Crippen LogP contribution in [0.25, 0.3) is 0 Å². The lowest BCUT2D eigenvalue weighted by Gasteiger charge is -2.03. The van der Waals surface area contributed by atoms with E-state index in [4.69, 9.17) is 0 Å². The summed E-state index contributed by atoms with van der Waals surface area (Å²) in [4.78, 5) is 0. The van der Waals surface area contributed by atoms with E-state index in [1.165, 1.54) is 0 Å². The van der Waals surface area contributed by atoms with Gasteiger partial charge in [0, 0.05) is 0 Å². The lowest BCUT2D eigenvalue weighted by atomic mass is 10.1. The Morgan fingerprint density at radius 1 is 1.17 bits per heavy atom. The molecule has 0 aliphatic carbocycles. The van der Waals surface area contributed by atoms with Gasteiger partial charge in [0.05, 0.1) is 0 Å². The van der Waals surface area contributed by atoms with Crippen LogP contribution in [0.3, 0.4) is 0 Å². The van der Waals surface area contributed by atoms with Gasteiger partial charge in [-0.2, -0.15) is 8.78 Å². The average molecular weight is 184 g/mol. The predicted molar refractivity (Wildman–Crippen MR) is 39.4 cm³/mol. The Balaban J connectivity index is 3.72. The van der Waals surface area contributed by atoms with Crippen LogP contribution >= 0.6 is 0 Å². The van der Waals surface area contributed by atoms with Gasteiger partial charge in [0.15, 0.2) is 12.0 Å². The molecule has 0 saturated carbocycles. The maximum absolute atomic E-state index is 12.5. The Morgan fingerprint density at radius 3 is 2.17 bits per heavy atom. The molecule has 0 radical (unpaired) electrons. The van der Waals surface area contributed by atoms with Gasteiger partial charge in [0.1, 0.15) is 0 Å². The Bertz CT molecular complexity index is 149. The molecule has 0 aliphatic heterocycles. The quantitative estimate of drug-likeness (QED) is 0.447. The van der Waals surface area contributed by atoms with Crippen molar-refractivity contribution in [1.82, 2.24) is 0 Å². The fourth-order valence-electron chi connectivity index (χ4n) is 0.819. The molecule has 0 amide bonds. The smallest absolute Gasteiger partial charge is 0.240 e. The lowest BCUT2D eigenvalue weighted by molar-refractivity contribution is 0.265. The van der Waals surface area contributed by atoms with Crippen molar-refractivity contribution < 1.29 is 17.6 Å². The molecule has 12 heavy (non-hydrogen) atoms. The second-order valence-corrected chi connectivity index (χ2v) is 2.57. The first kappa shape index (κ1) is 11.5. The lowest BCUT2D eigenvalue weighted by Crippen LogP contribution is -2.01. The van der Waals surface area contributed by atoms with Crippen molar-refractivity contribution in [3.63, 3.8) is 0 Å². The minimum absolute atomic E-state index is 0.156. The maximum atomic E-state index is 12.5. The normalized spacial score (nSPS) is 12.8. The van der Waals surface area contributed by atoms with Crippen LogP contribution in [0.1, 0.15) is 32.6 Å². The average Bonchev–Trinajstić information content (AvgIpc) is 2.03. The number of unbranched alkanes of at least 4 members (excludes halogenated alkanes) is 2. The van der Waals surface area contributed by atoms with E-state index in [-0.39, 0.29) is 6.42 Å². The molecule has 4 heteroatoms. The van der Waals surface area contributed by atoms with Crippen molar-refractivity contribution in [3.05, 3.63) is 11.9 Å². The van der Waals surface area contributed by atoms with E-state index < -0.39 is 18.1 Å². The Kier molecular flexibility index (Phi) is 5.76. The van der Waals surface area contributed by atoms with Gasteiger partial charge in [-0.15, -0.1) is 0 Å². The van der Waals surface area contributed by atoms with E-state index in [0.717, 1.165) is 12.8 Å². The molecule has 0 bridgehead atoms. The molecule has 0 heterocycles. The molecule has 0 N–H and O–H groups in total. The van der Waals surface area contributed by atoms with Gasteiger partial charge >= 0.3 is 6.08 Å². The zero-order valence-corrected chi connectivity index (χ0v) is 6.92. The van der Waals surface area contributed by atoms with Crippen LogP contribution in [0.5, 0.6) is 0 Å². The van der Waals surface area contributed by atoms with Crippen LogP contribution in [0.15, 0.2) is 11.9 Å². The molecule has 0 aromatic carbocycles. The van der Waals surface area contributed by atoms with E-state index in [2.05, 4.69) is 0 Å². The molecule has 0 spiro atoms. The van der Waals surface area contributed by atoms with Crippen LogP contribution in [0.4, 0.5) is 17.6 Å². The largest absolute Gasteiger partial charge is 0.304 e. The second-order valence-electron chi connectivity index (χ2n) is 2.57. The first-order chi connectivity index (χ1) is 5.59. The number of hydrogen-bond donors (Lipinski definition) is 0. The molecule has 0 nitrogen and oxygen atoms in total. The van der Waals surface area contributed by atoms with Crippen LogP contribution in [-0.4, -0.2) is 6.17 Å². The molecule has 0 fully saturated rings. The summed E-state index contributed by atoms with van der Waals surface area (Å²) >= 11 is 0. The molecule has 1 atom stereocenters. The van der Waals surface area contributed by atoms with E-state index in [0.29, 0.717) is 6.42 Å². The van der Waals surface area contributed by atoms with Crippen LogP contribution in [0, 0.1) is 0 Å². The predicted octanol–water partition coefficient (Wildman–Crippen LogP) is 3.98. The number of alkyl halides is 1. The van der Waals surface area contributed by atoms with Crippen molar-refractivity contribution in [2.75, 3.05) is 0 Å². The first-order valence-corrected chi connectivity index (χ1v) is 3.94. The summed E-state index contributed by atoms with van der Waals surface area (Å²) in [5.74, 6) is -1.91. The zero-order chi connectivity index (χ0) is 9.56. The van der Waals surface area contributed by atoms with Gasteiger partial charge in [0.2, 0.25) is 0 Å². The molecule has 0 aliphatic rings. The van der Waals surface area contributed by atoms with Crippen molar-refractivity contribution in [3.8, 4) is 0 Å². The summed E-state index contributed by atoms with van der Waals surface area (Å²) in [6, 6.07) is 0. The monoisotopic (exact) mass is 184 g/mol. The van der Waals surface area contributed by atoms with Crippen molar-refractivity contribution >= 4 is 0 Å². The fraction of sp³-hybridized carbons (Fsp3) is 0.750. The van der Waals surface area contributed by atoms with Gasteiger partial charge in [-0.05, 0) is 6.42 Å². The minimum atomic E-state index is -2.54. The highest BCUT2D eigenvalue weighted by atomic mass is 19.3. The van der Waals surface area contributed by atoms with Gasteiger partial charge in [-0.1, -0.05) is 26.2 Å². The molecule has 0 rings (SSSR count). The van der Waals surface area contributed by atoms with Gasteiger partial charge in [-0.3, -0.25) is 0 Å². The van der Waals surface area contributed by atoms with Crippen LogP contribution in [-0.2, 0) is 0 Å². The summed E-state index contributed by atoms with van der Waals surface area (Å²) < 4.78 is 47.5. The van der Waals surface area contributed by atoms with E-state index in [9.17, 15) is 17.6 Å². The Morgan fingerprint density at radius 2 is 1.75 bits per heavy atom. The van der Waals surface area contributed by atoms with Gasteiger partial charge in [-0.25, -0.2) is 8.78 Å². The third-order valence-corrected chi connectivity index (χ3v) is 1.52. The molecule has 1 unspecified atom stereocenters. The first-order valence-electron chi connectivity index (χ1n) is 3.94. The molecule has 72 valence electrons. The van der Waals surface area contributed by atoms with E-state index in [1.807, 2.05) is 6.92 Å². The zero-order valence-electron chi connectivity index (χ0n) is 6.92. The fourth-order valence-corrected chi connectivity index (χ4v) is 0.819. The van der Waals surface area contributed by atoms with Crippen molar-refractivity contribution in [1.29, 1.82) is 0 Å². The summed E-state index contributed by atoms with van der Waals surface area (Å²) in [7, 11) is 0. The third kappa shape index (κ3) is 4.36. The Hall–Kier alpha value is -0.540. The van der Waals surface area contributed by atoms with E-state index >= 15 is 0 Å². The third-order valence-electron chi connectivity index (χ3n) is 1.52. The number of hydrogen-bond acceptors (Lipinski definition) is 0. The van der Waals surface area contributed by atoms with Gasteiger partial charge in [0.25, 0.3) is 0 Å². The van der Waals surface area contributed by atoms with Crippen LogP contribution < -0.4 is 0 Å². The SMILES string of the molecule is CCCCCC(F)C(F)=C(F)F. The molecular formula is C8H12F4. The number of rotatable bonds is 5. The van der Waals surface area contributed by atoms with Crippen LogP contribution in [0.2, 0.25) is 0 Å². The highest BCUT2D eigenvalue weighted by Crippen LogP contribution is 2.20. The highest BCUT2D eigenvalue weighted by Gasteiger charge is 2.17.